The minimum Gasteiger partial charge on any atom is -0.479 e. The fourth-order valence-corrected chi connectivity index (χ4v) is 4.33. The number of hydrogen-bond donors (Lipinski definition) is 2. The van der Waals surface area contributed by atoms with E-state index in [-0.39, 0.29) is 24.9 Å². The molecule has 0 aromatic heterocycles. The first kappa shape index (κ1) is 24.1. The van der Waals surface area contributed by atoms with Gasteiger partial charge in [0.1, 0.15) is 0 Å². The lowest BCUT2D eigenvalue weighted by molar-refractivity contribution is -0.146. The Kier molecular flexibility index (Phi) is 10.4. The number of unbranched alkanes of at least 4 members (excludes halogenated alkanes) is 4. The molecule has 2 fully saturated rings. The molecule has 1 aliphatic carbocycles. The van der Waals surface area contributed by atoms with Crippen LogP contribution >= 0.6 is 0 Å². The van der Waals surface area contributed by atoms with Gasteiger partial charge in [-0.25, -0.2) is 4.79 Å². The van der Waals surface area contributed by atoms with Gasteiger partial charge in [-0.3, -0.25) is 0 Å². The van der Waals surface area contributed by atoms with E-state index in [0.717, 1.165) is 19.3 Å². The first-order chi connectivity index (χ1) is 13.9. The first-order valence-corrected chi connectivity index (χ1v) is 11.5. The number of carboxylic acids is 1. The van der Waals surface area contributed by atoms with Crippen LogP contribution in [0.25, 0.3) is 0 Å². The molecule has 0 aromatic carbocycles. The largest absolute Gasteiger partial charge is 0.479 e. The van der Waals surface area contributed by atoms with Gasteiger partial charge in [-0.15, -0.1) is 0 Å². The van der Waals surface area contributed by atoms with Crippen molar-refractivity contribution >= 4 is 5.97 Å². The van der Waals surface area contributed by atoms with Gasteiger partial charge in [0.2, 0.25) is 0 Å². The van der Waals surface area contributed by atoms with Crippen molar-refractivity contribution in [2.45, 2.75) is 103 Å². The van der Waals surface area contributed by atoms with Gasteiger partial charge >= 0.3 is 5.97 Å². The van der Waals surface area contributed by atoms with Gasteiger partial charge < -0.3 is 19.7 Å². The van der Waals surface area contributed by atoms with E-state index in [0.29, 0.717) is 24.2 Å². The zero-order valence-corrected chi connectivity index (χ0v) is 18.3. The highest BCUT2D eigenvalue weighted by Gasteiger charge is 2.49. The second-order valence-corrected chi connectivity index (χ2v) is 8.87. The molecule has 166 valence electrons. The number of aliphatic hydroxyl groups is 1. The van der Waals surface area contributed by atoms with Crippen LogP contribution in [0, 0.1) is 17.8 Å². The summed E-state index contributed by atoms with van der Waals surface area (Å²) < 4.78 is 12.4. The molecular weight excluding hydrogens is 368 g/mol. The summed E-state index contributed by atoms with van der Waals surface area (Å²) >= 11 is 0. The van der Waals surface area contributed by atoms with E-state index in [4.69, 9.17) is 14.6 Å². The van der Waals surface area contributed by atoms with E-state index in [1.54, 1.807) is 0 Å². The van der Waals surface area contributed by atoms with Crippen molar-refractivity contribution in [2.24, 2.45) is 17.8 Å². The molecule has 0 radical (unpaired) electrons. The predicted molar refractivity (Wildman–Crippen MR) is 115 cm³/mol. The van der Waals surface area contributed by atoms with E-state index in [9.17, 15) is 9.90 Å². The van der Waals surface area contributed by atoms with Crippen molar-refractivity contribution in [3.8, 4) is 0 Å². The third-order valence-corrected chi connectivity index (χ3v) is 6.06. The third-order valence-electron chi connectivity index (χ3n) is 6.06. The van der Waals surface area contributed by atoms with E-state index in [1.165, 1.54) is 25.7 Å². The van der Waals surface area contributed by atoms with Crippen LogP contribution < -0.4 is 0 Å². The Balaban J connectivity index is 1.88. The third kappa shape index (κ3) is 7.54. The smallest absolute Gasteiger partial charge is 0.332 e. The minimum absolute atomic E-state index is 0.110. The zero-order chi connectivity index (χ0) is 21.2. The number of aliphatic hydroxyl groups excluding tert-OH is 1. The molecular formula is C24H40O5. The van der Waals surface area contributed by atoms with Crippen LogP contribution in [-0.2, 0) is 14.3 Å². The molecule has 2 N–H and O–H groups in total. The summed E-state index contributed by atoms with van der Waals surface area (Å²) in [6.45, 7) is 6.49. The molecule has 1 saturated carbocycles. The first-order valence-electron chi connectivity index (χ1n) is 11.5. The molecule has 1 saturated heterocycles. The molecule has 5 heteroatoms. The summed E-state index contributed by atoms with van der Waals surface area (Å²) in [7, 11) is 0. The lowest BCUT2D eigenvalue weighted by atomic mass is 9.90. The number of carbonyl (C=O) groups is 1. The Hall–Kier alpha value is -1.17. The van der Waals surface area contributed by atoms with Gasteiger partial charge in [-0.05, 0) is 50.4 Å². The minimum atomic E-state index is -1.28. The summed E-state index contributed by atoms with van der Waals surface area (Å²) in [4.78, 5) is 10.7. The van der Waals surface area contributed by atoms with E-state index in [1.807, 2.05) is 6.08 Å². The summed E-state index contributed by atoms with van der Waals surface area (Å²) in [5.74, 6) is 0.0362. The van der Waals surface area contributed by atoms with Crippen molar-refractivity contribution in [2.75, 3.05) is 0 Å². The zero-order valence-electron chi connectivity index (χ0n) is 18.3. The second-order valence-electron chi connectivity index (χ2n) is 8.87. The van der Waals surface area contributed by atoms with Crippen molar-refractivity contribution < 1.29 is 24.5 Å². The average molecular weight is 409 g/mol. The Morgan fingerprint density at radius 1 is 1.10 bits per heavy atom. The molecule has 2 rings (SSSR count). The number of rotatable bonds is 13. The molecule has 29 heavy (non-hydrogen) atoms. The van der Waals surface area contributed by atoms with E-state index in [2.05, 4.69) is 39.0 Å². The molecule has 1 aliphatic heterocycles. The average Bonchev–Trinajstić information content (AvgIpc) is 3.22. The Bertz CT molecular complexity index is 541. The van der Waals surface area contributed by atoms with Crippen molar-refractivity contribution in [3.05, 3.63) is 24.3 Å². The highest BCUT2D eigenvalue weighted by Crippen LogP contribution is 2.45. The number of fused-ring (bicyclic) bond motifs is 1. The van der Waals surface area contributed by atoms with Gasteiger partial charge in [-0.2, -0.15) is 0 Å². The van der Waals surface area contributed by atoms with Gasteiger partial charge in [0.05, 0.1) is 12.2 Å². The van der Waals surface area contributed by atoms with Crippen LogP contribution in [0.1, 0.15) is 78.6 Å². The molecule has 0 aromatic rings. The number of ether oxygens (including phenoxy) is 2. The summed E-state index contributed by atoms with van der Waals surface area (Å²) in [6.07, 6.45) is 16.7. The Morgan fingerprint density at radius 3 is 2.59 bits per heavy atom. The normalized spacial score (nSPS) is 30.6. The fraction of sp³-hybridized carbons (Fsp3) is 0.792. The lowest BCUT2D eigenvalue weighted by Gasteiger charge is -2.22. The fourth-order valence-electron chi connectivity index (χ4n) is 4.33. The SMILES string of the molecule is CCCCCC/C=C/[C@H]1C[C@@H]2OC(C(C)C)O[C@@H]2[C@@H]1C/C=C\CCC(O)C(=O)O. The molecule has 0 amide bonds. The maximum Gasteiger partial charge on any atom is 0.332 e. The Morgan fingerprint density at radius 2 is 1.90 bits per heavy atom. The number of carboxylic acid groups (broad SMARTS) is 1. The molecule has 5 nitrogen and oxygen atoms in total. The topological polar surface area (TPSA) is 76.0 Å². The van der Waals surface area contributed by atoms with Crippen molar-refractivity contribution in [1.82, 2.24) is 0 Å². The number of allylic oxidation sites excluding steroid dienone is 4. The summed E-state index contributed by atoms with van der Waals surface area (Å²) in [5, 5.41) is 18.1. The number of aliphatic carboxylic acids is 1. The van der Waals surface area contributed by atoms with Gasteiger partial charge in [-0.1, -0.05) is 64.3 Å². The van der Waals surface area contributed by atoms with Gasteiger partial charge in [0.15, 0.2) is 12.4 Å². The van der Waals surface area contributed by atoms with E-state index >= 15 is 0 Å². The molecule has 6 atom stereocenters. The van der Waals surface area contributed by atoms with Crippen LogP contribution in [0.15, 0.2) is 24.3 Å². The summed E-state index contributed by atoms with van der Waals surface area (Å²) in [5.41, 5.74) is 0. The van der Waals surface area contributed by atoms with Crippen LogP contribution in [-0.4, -0.2) is 40.8 Å². The highest BCUT2D eigenvalue weighted by atomic mass is 16.7. The molecule has 0 bridgehead atoms. The monoisotopic (exact) mass is 408 g/mol. The molecule has 1 heterocycles. The van der Waals surface area contributed by atoms with Gasteiger partial charge in [0.25, 0.3) is 0 Å². The highest BCUT2D eigenvalue weighted by molar-refractivity contribution is 5.71. The quantitative estimate of drug-likeness (QED) is 0.328. The predicted octanol–water partition coefficient (Wildman–Crippen LogP) is 5.09. The number of hydrogen-bond acceptors (Lipinski definition) is 4. The van der Waals surface area contributed by atoms with E-state index < -0.39 is 12.1 Å². The second kappa shape index (κ2) is 12.5. The van der Waals surface area contributed by atoms with Crippen LogP contribution in [0.4, 0.5) is 0 Å². The van der Waals surface area contributed by atoms with Crippen molar-refractivity contribution in [1.29, 1.82) is 0 Å². The lowest BCUT2D eigenvalue weighted by Crippen LogP contribution is -2.25. The van der Waals surface area contributed by atoms with Crippen LogP contribution in [0.3, 0.4) is 0 Å². The molecule has 2 unspecified atom stereocenters. The van der Waals surface area contributed by atoms with Crippen LogP contribution in [0.5, 0.6) is 0 Å². The molecule has 2 aliphatic rings. The maximum atomic E-state index is 10.7. The maximum absolute atomic E-state index is 10.7. The Labute approximate surface area is 176 Å². The summed E-state index contributed by atoms with van der Waals surface area (Å²) in [6, 6.07) is 0. The van der Waals surface area contributed by atoms with Crippen LogP contribution in [0.2, 0.25) is 0 Å². The van der Waals surface area contributed by atoms with Crippen molar-refractivity contribution in [3.63, 3.8) is 0 Å². The standard InChI is InChI=1S/C24H40O5/c1-4-5-6-7-8-10-13-18-16-21-22(29-24(28-21)17(2)3)19(18)14-11-9-12-15-20(25)23(26)27/h9-11,13,17-22,24-25H,4-8,12,14-16H2,1-3H3,(H,26,27)/b11-9-,13-10+/t18-,19+,20?,21-,22+,24?/m0/s1. The molecule has 0 spiro atoms. The van der Waals surface area contributed by atoms with Gasteiger partial charge in [0, 0.05) is 5.92 Å².